The third kappa shape index (κ3) is 4.26. The van der Waals surface area contributed by atoms with E-state index in [0.717, 1.165) is 30.1 Å². The minimum Gasteiger partial charge on any atom is -0.496 e. The number of para-hydroxylation sites is 1. The highest BCUT2D eigenvalue weighted by Crippen LogP contribution is 2.21. The van der Waals surface area contributed by atoms with E-state index >= 15 is 0 Å². The van der Waals surface area contributed by atoms with Gasteiger partial charge < -0.3 is 19.4 Å². The number of imidazole rings is 1. The van der Waals surface area contributed by atoms with Crippen molar-refractivity contribution in [2.45, 2.75) is 19.7 Å². The zero-order valence-corrected chi connectivity index (χ0v) is 14.6. The lowest BCUT2D eigenvalue weighted by Crippen LogP contribution is -2.14. The number of hydrogen-bond acceptors (Lipinski definition) is 4. The monoisotopic (exact) mass is 337 g/mol. The van der Waals surface area contributed by atoms with Crippen molar-refractivity contribution in [3.05, 3.63) is 77.9 Å². The Bertz CT molecular complexity index is 800. The van der Waals surface area contributed by atoms with Crippen LogP contribution in [0, 0.1) is 0 Å². The lowest BCUT2D eigenvalue weighted by atomic mass is 10.1. The first-order chi connectivity index (χ1) is 12.3. The van der Waals surface area contributed by atoms with Crippen molar-refractivity contribution in [2.75, 3.05) is 14.2 Å². The van der Waals surface area contributed by atoms with Gasteiger partial charge in [-0.25, -0.2) is 4.98 Å². The maximum Gasteiger partial charge on any atom is 0.124 e. The summed E-state index contributed by atoms with van der Waals surface area (Å²) in [6, 6.07) is 14.5. The summed E-state index contributed by atoms with van der Waals surface area (Å²) in [5.41, 5.74) is 4.63. The molecule has 0 unspecified atom stereocenters. The van der Waals surface area contributed by atoms with Gasteiger partial charge in [0.25, 0.3) is 0 Å². The molecule has 2 aromatic carbocycles. The van der Waals surface area contributed by atoms with Gasteiger partial charge >= 0.3 is 0 Å². The molecule has 3 rings (SSSR count). The molecule has 0 amide bonds. The van der Waals surface area contributed by atoms with Gasteiger partial charge in [0.15, 0.2) is 0 Å². The number of hydrogen-bond donors (Lipinski definition) is 1. The second-order valence-electron chi connectivity index (χ2n) is 5.78. The molecule has 3 aromatic rings. The molecule has 0 atom stereocenters. The van der Waals surface area contributed by atoms with Crippen LogP contribution in [0.2, 0.25) is 0 Å². The van der Waals surface area contributed by atoms with E-state index in [1.807, 2.05) is 29.2 Å². The van der Waals surface area contributed by atoms with Crippen molar-refractivity contribution in [3.8, 4) is 11.4 Å². The fourth-order valence-corrected chi connectivity index (χ4v) is 2.87. The van der Waals surface area contributed by atoms with Gasteiger partial charge in [-0.3, -0.25) is 0 Å². The first kappa shape index (κ1) is 17.2. The van der Waals surface area contributed by atoms with Crippen molar-refractivity contribution in [1.82, 2.24) is 14.9 Å². The van der Waals surface area contributed by atoms with Crippen molar-refractivity contribution >= 4 is 0 Å². The number of ether oxygens (including phenoxy) is 2. The summed E-state index contributed by atoms with van der Waals surface area (Å²) in [5.74, 6) is 0.857. The van der Waals surface area contributed by atoms with Gasteiger partial charge in [0.05, 0.1) is 25.7 Å². The molecule has 0 saturated carbocycles. The van der Waals surface area contributed by atoms with E-state index in [9.17, 15) is 0 Å². The molecule has 0 aliphatic rings. The molecule has 1 heterocycles. The number of nitrogens with one attached hydrogen (secondary N) is 1. The summed E-state index contributed by atoms with van der Waals surface area (Å²) in [6.07, 6.45) is 5.57. The van der Waals surface area contributed by atoms with Crippen LogP contribution >= 0.6 is 0 Å². The number of methoxy groups -OCH3 is 2. The predicted molar refractivity (Wildman–Crippen MR) is 97.8 cm³/mol. The Kier molecular flexibility index (Phi) is 5.82. The molecule has 130 valence electrons. The molecule has 1 N–H and O–H groups in total. The van der Waals surface area contributed by atoms with Crippen molar-refractivity contribution in [1.29, 1.82) is 0 Å². The highest BCUT2D eigenvalue weighted by Gasteiger charge is 2.06. The second kappa shape index (κ2) is 8.46. The first-order valence-electron chi connectivity index (χ1n) is 8.23. The van der Waals surface area contributed by atoms with Gasteiger partial charge in [0, 0.05) is 38.2 Å². The lowest BCUT2D eigenvalue weighted by molar-refractivity contribution is 0.181. The molecular weight excluding hydrogens is 314 g/mol. The van der Waals surface area contributed by atoms with Gasteiger partial charge in [0.1, 0.15) is 5.75 Å². The summed E-state index contributed by atoms with van der Waals surface area (Å²) in [5, 5.41) is 3.51. The topological polar surface area (TPSA) is 48.3 Å². The Morgan fingerprint density at radius 1 is 1.04 bits per heavy atom. The van der Waals surface area contributed by atoms with Gasteiger partial charge in [-0.15, -0.1) is 0 Å². The van der Waals surface area contributed by atoms with E-state index in [1.54, 1.807) is 20.4 Å². The summed E-state index contributed by atoms with van der Waals surface area (Å²) in [7, 11) is 3.37. The molecule has 0 radical (unpaired) electrons. The maximum atomic E-state index is 5.37. The van der Waals surface area contributed by atoms with Crippen LogP contribution in [0.5, 0.6) is 5.75 Å². The van der Waals surface area contributed by atoms with E-state index in [-0.39, 0.29) is 0 Å². The zero-order chi connectivity index (χ0) is 17.5. The van der Waals surface area contributed by atoms with Gasteiger partial charge in [0.2, 0.25) is 0 Å². The smallest absolute Gasteiger partial charge is 0.124 e. The minimum atomic E-state index is 0.542. The lowest BCUT2D eigenvalue weighted by Gasteiger charge is -2.13. The standard InChI is InChI=1S/C20H23N3O2/c1-24-14-18-11-16(7-8-20(18)25-2)12-22-13-17-5-3-4-6-19(17)23-10-9-21-15-23/h3-11,15,22H,12-14H2,1-2H3. The SMILES string of the molecule is COCc1cc(CNCc2ccccc2-n2ccnc2)ccc1OC. The summed E-state index contributed by atoms with van der Waals surface area (Å²) < 4.78 is 12.7. The van der Waals surface area contributed by atoms with Crippen LogP contribution < -0.4 is 10.1 Å². The van der Waals surface area contributed by atoms with E-state index in [2.05, 4.69) is 40.6 Å². The molecule has 0 aliphatic heterocycles. The highest BCUT2D eigenvalue weighted by molar-refractivity contribution is 5.41. The quantitative estimate of drug-likeness (QED) is 0.685. The van der Waals surface area contributed by atoms with E-state index in [1.165, 1.54) is 11.1 Å². The Hall–Kier alpha value is -2.63. The Morgan fingerprint density at radius 2 is 1.92 bits per heavy atom. The molecule has 1 aromatic heterocycles. The average Bonchev–Trinajstić information content (AvgIpc) is 3.17. The number of rotatable bonds is 8. The highest BCUT2D eigenvalue weighted by atomic mass is 16.5. The van der Waals surface area contributed by atoms with Crippen LogP contribution in [0.3, 0.4) is 0 Å². The van der Waals surface area contributed by atoms with Crippen LogP contribution in [0.4, 0.5) is 0 Å². The number of benzene rings is 2. The van der Waals surface area contributed by atoms with Gasteiger partial charge in [-0.2, -0.15) is 0 Å². The molecule has 0 aliphatic carbocycles. The van der Waals surface area contributed by atoms with E-state index < -0.39 is 0 Å². The maximum absolute atomic E-state index is 5.37. The third-order valence-electron chi connectivity index (χ3n) is 4.06. The fourth-order valence-electron chi connectivity index (χ4n) is 2.87. The normalized spacial score (nSPS) is 10.8. The molecule has 5 nitrogen and oxygen atoms in total. The Morgan fingerprint density at radius 3 is 2.68 bits per heavy atom. The minimum absolute atomic E-state index is 0.542. The third-order valence-corrected chi connectivity index (χ3v) is 4.06. The van der Waals surface area contributed by atoms with Crippen LogP contribution in [-0.4, -0.2) is 23.8 Å². The number of aromatic nitrogens is 2. The predicted octanol–water partition coefficient (Wildman–Crippen LogP) is 3.32. The molecule has 0 fully saturated rings. The van der Waals surface area contributed by atoms with E-state index in [4.69, 9.17) is 9.47 Å². The average molecular weight is 337 g/mol. The first-order valence-corrected chi connectivity index (χ1v) is 8.23. The molecular formula is C20H23N3O2. The molecule has 0 saturated heterocycles. The largest absolute Gasteiger partial charge is 0.496 e. The van der Waals surface area contributed by atoms with E-state index in [0.29, 0.717) is 6.61 Å². The summed E-state index contributed by atoms with van der Waals surface area (Å²) >= 11 is 0. The van der Waals surface area contributed by atoms with Crippen LogP contribution in [0.1, 0.15) is 16.7 Å². The second-order valence-corrected chi connectivity index (χ2v) is 5.78. The number of nitrogens with zero attached hydrogens (tertiary/aromatic N) is 2. The van der Waals surface area contributed by atoms with Gasteiger partial charge in [-0.1, -0.05) is 24.3 Å². The zero-order valence-electron chi connectivity index (χ0n) is 14.6. The molecule has 5 heteroatoms. The Balaban J connectivity index is 1.67. The fraction of sp³-hybridized carbons (Fsp3) is 0.250. The van der Waals surface area contributed by atoms with Crippen molar-refractivity contribution in [3.63, 3.8) is 0 Å². The Labute approximate surface area is 148 Å². The van der Waals surface area contributed by atoms with Crippen LogP contribution in [-0.2, 0) is 24.4 Å². The van der Waals surface area contributed by atoms with Crippen LogP contribution in [0.15, 0.2) is 61.2 Å². The van der Waals surface area contributed by atoms with Crippen molar-refractivity contribution < 1.29 is 9.47 Å². The van der Waals surface area contributed by atoms with Gasteiger partial charge in [-0.05, 0) is 29.3 Å². The van der Waals surface area contributed by atoms with Crippen molar-refractivity contribution in [2.24, 2.45) is 0 Å². The van der Waals surface area contributed by atoms with Crippen LogP contribution in [0.25, 0.3) is 5.69 Å². The summed E-state index contributed by atoms with van der Waals surface area (Å²) in [4.78, 5) is 4.13. The molecule has 0 bridgehead atoms. The molecule has 25 heavy (non-hydrogen) atoms. The molecule has 0 spiro atoms. The summed E-state index contributed by atoms with van der Waals surface area (Å²) in [6.45, 7) is 2.10.